The average Bonchev–Trinajstić information content (AvgIpc) is 2.94. The summed E-state index contributed by atoms with van der Waals surface area (Å²) in [5.41, 5.74) is 1.25. The first kappa shape index (κ1) is 16.4. The quantitative estimate of drug-likeness (QED) is 0.570. The third kappa shape index (κ3) is 4.52. The molecular weight excluding hydrogens is 286 g/mol. The molecule has 0 saturated heterocycles. The second-order valence-electron chi connectivity index (χ2n) is 4.92. The molecule has 1 heterocycles. The molecule has 1 unspecified atom stereocenters. The summed E-state index contributed by atoms with van der Waals surface area (Å²) in [7, 11) is 0. The highest BCUT2D eigenvalue weighted by Gasteiger charge is 2.14. The molecule has 0 aliphatic rings. The summed E-state index contributed by atoms with van der Waals surface area (Å²) in [6.45, 7) is 0.135. The van der Waals surface area contributed by atoms with Crippen molar-refractivity contribution in [3.63, 3.8) is 0 Å². The van der Waals surface area contributed by atoms with Gasteiger partial charge in [-0.2, -0.15) is 0 Å². The molecule has 2 rings (SSSR count). The Hall–Kier alpha value is -1.96. The van der Waals surface area contributed by atoms with Gasteiger partial charge in [-0.3, -0.25) is 0 Å². The molecule has 7 nitrogen and oxygen atoms in total. The van der Waals surface area contributed by atoms with Crippen LogP contribution in [0.25, 0.3) is 0 Å². The Morgan fingerprint density at radius 1 is 1.18 bits per heavy atom. The van der Waals surface area contributed by atoms with Crippen molar-refractivity contribution in [1.29, 1.82) is 0 Å². The molecule has 2 aromatic rings. The van der Waals surface area contributed by atoms with Gasteiger partial charge in [-0.1, -0.05) is 23.4 Å². The van der Waals surface area contributed by atoms with Crippen LogP contribution >= 0.6 is 0 Å². The highest BCUT2D eigenvalue weighted by molar-refractivity contribution is 5.20. The van der Waals surface area contributed by atoms with Crippen molar-refractivity contribution in [2.45, 2.75) is 32.1 Å². The number of rotatable bonds is 9. The third-order valence-corrected chi connectivity index (χ3v) is 3.23. The summed E-state index contributed by atoms with van der Waals surface area (Å²) in [6.07, 6.45) is 0.450. The second kappa shape index (κ2) is 8.47. The van der Waals surface area contributed by atoms with E-state index in [0.717, 1.165) is 17.9 Å². The predicted octanol–water partition coefficient (Wildman–Crippen LogP) is 0.135. The number of aliphatic hydroxyl groups is 3. The van der Waals surface area contributed by atoms with Crippen LogP contribution in [0, 0.1) is 0 Å². The van der Waals surface area contributed by atoms with E-state index in [1.807, 2.05) is 30.3 Å². The van der Waals surface area contributed by atoms with Crippen molar-refractivity contribution in [1.82, 2.24) is 15.0 Å². The Morgan fingerprint density at radius 2 is 1.95 bits per heavy atom. The zero-order chi connectivity index (χ0) is 15.8. The van der Waals surface area contributed by atoms with E-state index in [4.69, 9.17) is 9.84 Å². The Kier molecular flexibility index (Phi) is 6.32. The van der Waals surface area contributed by atoms with Gasteiger partial charge in [-0.15, -0.1) is 5.10 Å². The zero-order valence-corrected chi connectivity index (χ0v) is 12.3. The lowest BCUT2D eigenvalue weighted by atomic mass is 10.2. The van der Waals surface area contributed by atoms with Crippen LogP contribution in [-0.4, -0.2) is 49.6 Å². The van der Waals surface area contributed by atoms with Crippen LogP contribution in [0.4, 0.5) is 0 Å². The minimum Gasteiger partial charge on any atom is -0.494 e. The Bertz CT molecular complexity index is 559. The minimum absolute atomic E-state index is 0.151. The average molecular weight is 307 g/mol. The molecular formula is C15H21N3O4. The van der Waals surface area contributed by atoms with Crippen LogP contribution in [0.3, 0.4) is 0 Å². The van der Waals surface area contributed by atoms with Gasteiger partial charge < -0.3 is 20.1 Å². The lowest BCUT2D eigenvalue weighted by molar-refractivity contribution is 0.0769. The van der Waals surface area contributed by atoms with E-state index < -0.39 is 6.10 Å². The molecule has 0 spiro atoms. The molecule has 22 heavy (non-hydrogen) atoms. The van der Waals surface area contributed by atoms with Crippen molar-refractivity contribution in [3.05, 3.63) is 41.7 Å². The van der Waals surface area contributed by atoms with Crippen LogP contribution < -0.4 is 4.74 Å². The molecule has 0 amide bonds. The Balaban J connectivity index is 1.89. The van der Waals surface area contributed by atoms with Crippen LogP contribution in [-0.2, 0) is 19.6 Å². The summed E-state index contributed by atoms with van der Waals surface area (Å²) in [6, 6.07) is 9.53. The fourth-order valence-electron chi connectivity index (χ4n) is 2.12. The van der Waals surface area contributed by atoms with Gasteiger partial charge in [0.05, 0.1) is 38.2 Å². The first-order chi connectivity index (χ1) is 10.7. The first-order valence-corrected chi connectivity index (χ1v) is 7.23. The number of ether oxygens (including phenoxy) is 1. The van der Waals surface area contributed by atoms with Gasteiger partial charge in [0.25, 0.3) is 0 Å². The molecule has 7 heteroatoms. The minimum atomic E-state index is -0.896. The van der Waals surface area contributed by atoms with Crippen molar-refractivity contribution in [3.8, 4) is 5.75 Å². The molecule has 0 fully saturated rings. The van der Waals surface area contributed by atoms with E-state index in [-0.39, 0.29) is 19.8 Å². The van der Waals surface area contributed by atoms with Crippen LogP contribution in [0.1, 0.15) is 17.8 Å². The van der Waals surface area contributed by atoms with Crippen molar-refractivity contribution in [2.24, 2.45) is 0 Å². The van der Waals surface area contributed by atoms with Gasteiger partial charge in [0.15, 0.2) is 0 Å². The maximum absolute atomic E-state index is 9.51. The Labute approximate surface area is 128 Å². The number of hydrogen-bond acceptors (Lipinski definition) is 6. The number of hydrogen-bond donors (Lipinski definition) is 3. The van der Waals surface area contributed by atoms with Gasteiger partial charge in [0.1, 0.15) is 11.4 Å². The molecule has 3 N–H and O–H groups in total. The summed E-state index contributed by atoms with van der Waals surface area (Å²) in [5, 5.41) is 35.5. The van der Waals surface area contributed by atoms with E-state index >= 15 is 0 Å². The molecule has 1 atom stereocenters. The standard InChI is InChI=1S/C15H21N3O4/c19-10-12(21)9-18-15(14(11-20)16-17-18)7-4-8-22-13-5-2-1-3-6-13/h1-3,5-6,12,19-21H,4,7-11H2. The van der Waals surface area contributed by atoms with Gasteiger partial charge in [0, 0.05) is 0 Å². The molecule has 1 aromatic carbocycles. The maximum atomic E-state index is 9.51. The number of para-hydroxylation sites is 1. The zero-order valence-electron chi connectivity index (χ0n) is 12.3. The van der Waals surface area contributed by atoms with Crippen LogP contribution in [0.2, 0.25) is 0 Å². The second-order valence-corrected chi connectivity index (χ2v) is 4.92. The van der Waals surface area contributed by atoms with Crippen LogP contribution in [0.15, 0.2) is 30.3 Å². The Morgan fingerprint density at radius 3 is 2.64 bits per heavy atom. The summed E-state index contributed by atoms with van der Waals surface area (Å²) in [4.78, 5) is 0. The number of aromatic nitrogens is 3. The highest BCUT2D eigenvalue weighted by Crippen LogP contribution is 2.12. The van der Waals surface area contributed by atoms with E-state index in [0.29, 0.717) is 18.7 Å². The van der Waals surface area contributed by atoms with E-state index in [1.54, 1.807) is 0 Å². The van der Waals surface area contributed by atoms with Crippen molar-refractivity contribution < 1.29 is 20.1 Å². The number of nitrogens with zero attached hydrogens (tertiary/aromatic N) is 3. The van der Waals surface area contributed by atoms with Gasteiger partial charge >= 0.3 is 0 Å². The predicted molar refractivity (Wildman–Crippen MR) is 79.3 cm³/mol. The molecule has 0 radical (unpaired) electrons. The smallest absolute Gasteiger partial charge is 0.119 e. The van der Waals surface area contributed by atoms with Gasteiger partial charge in [0.2, 0.25) is 0 Å². The summed E-state index contributed by atoms with van der Waals surface area (Å²) < 4.78 is 7.14. The van der Waals surface area contributed by atoms with Crippen LogP contribution in [0.5, 0.6) is 5.75 Å². The van der Waals surface area contributed by atoms with Gasteiger partial charge in [-0.05, 0) is 25.0 Å². The van der Waals surface area contributed by atoms with E-state index in [9.17, 15) is 10.2 Å². The molecule has 0 aliphatic heterocycles. The maximum Gasteiger partial charge on any atom is 0.119 e. The number of benzene rings is 1. The van der Waals surface area contributed by atoms with E-state index in [1.165, 1.54) is 4.68 Å². The first-order valence-electron chi connectivity index (χ1n) is 7.23. The summed E-state index contributed by atoms with van der Waals surface area (Å²) in [5.74, 6) is 0.812. The summed E-state index contributed by atoms with van der Waals surface area (Å²) >= 11 is 0. The van der Waals surface area contributed by atoms with Gasteiger partial charge in [-0.25, -0.2) is 4.68 Å². The van der Waals surface area contributed by atoms with Crippen molar-refractivity contribution in [2.75, 3.05) is 13.2 Å². The fraction of sp³-hybridized carbons (Fsp3) is 0.467. The monoisotopic (exact) mass is 307 g/mol. The molecule has 0 aliphatic carbocycles. The largest absolute Gasteiger partial charge is 0.494 e. The normalized spacial score (nSPS) is 12.3. The SMILES string of the molecule is OCc1nnn(CC(O)CO)c1CCCOc1ccccc1. The lowest BCUT2D eigenvalue weighted by Gasteiger charge is -2.11. The van der Waals surface area contributed by atoms with Crippen molar-refractivity contribution >= 4 is 0 Å². The lowest BCUT2D eigenvalue weighted by Crippen LogP contribution is -2.22. The number of aliphatic hydroxyl groups excluding tert-OH is 3. The molecule has 1 aromatic heterocycles. The van der Waals surface area contributed by atoms with E-state index in [2.05, 4.69) is 10.3 Å². The molecule has 0 saturated carbocycles. The molecule has 120 valence electrons. The highest BCUT2D eigenvalue weighted by atomic mass is 16.5. The molecule has 0 bridgehead atoms. The fourth-order valence-corrected chi connectivity index (χ4v) is 2.12. The third-order valence-electron chi connectivity index (χ3n) is 3.23. The topological polar surface area (TPSA) is 101 Å².